The van der Waals surface area contributed by atoms with Crippen LogP contribution in [0, 0.1) is 0 Å². The first kappa shape index (κ1) is 17.4. The molecule has 7 heteroatoms. The number of hydrogen-bond donors (Lipinski definition) is 1. The number of halogens is 2. The Labute approximate surface area is 147 Å². The molecular formula is C16H17Cl2N5. The van der Waals surface area contributed by atoms with Gasteiger partial charge < -0.3 is 9.88 Å². The third-order valence-corrected chi connectivity index (χ3v) is 3.67. The summed E-state index contributed by atoms with van der Waals surface area (Å²) in [4.78, 5) is 4.75. The van der Waals surface area contributed by atoms with Crippen molar-refractivity contribution in [3.8, 4) is 22.8 Å². The van der Waals surface area contributed by atoms with Crippen molar-refractivity contribution in [3.05, 3.63) is 54.4 Å². The summed E-state index contributed by atoms with van der Waals surface area (Å²) in [6, 6.07) is 16.2. The van der Waals surface area contributed by atoms with Crippen molar-refractivity contribution in [2.24, 2.45) is 0 Å². The van der Waals surface area contributed by atoms with E-state index in [9.17, 15) is 0 Å². The lowest BCUT2D eigenvalue weighted by Crippen LogP contribution is -2.28. The molecule has 0 unspecified atom stereocenters. The molecule has 3 aromatic rings. The number of nitrogens with zero attached hydrogens (tertiary/aromatic N) is 4. The molecule has 0 radical (unpaired) electrons. The fourth-order valence-corrected chi connectivity index (χ4v) is 2.61. The molecule has 4 rings (SSSR count). The highest BCUT2D eigenvalue weighted by Crippen LogP contribution is 2.22. The summed E-state index contributed by atoms with van der Waals surface area (Å²) >= 11 is 0. The van der Waals surface area contributed by atoms with Gasteiger partial charge in [-0.2, -0.15) is 0 Å². The van der Waals surface area contributed by atoms with Crippen LogP contribution < -0.4 is 5.32 Å². The van der Waals surface area contributed by atoms with Gasteiger partial charge in [0.2, 0.25) is 0 Å². The summed E-state index contributed by atoms with van der Waals surface area (Å²) in [7, 11) is 0. The van der Waals surface area contributed by atoms with E-state index in [0.717, 1.165) is 48.2 Å². The Balaban J connectivity index is 0.000000960. The molecule has 1 N–H and O–H groups in total. The maximum atomic E-state index is 4.75. The highest BCUT2D eigenvalue weighted by Gasteiger charge is 2.17. The fourth-order valence-electron chi connectivity index (χ4n) is 2.61. The van der Waals surface area contributed by atoms with E-state index in [1.54, 1.807) is 0 Å². The first-order chi connectivity index (χ1) is 10.4. The second kappa shape index (κ2) is 7.55. The lowest BCUT2D eigenvalue weighted by atomic mass is 10.1. The predicted molar refractivity (Wildman–Crippen MR) is 94.9 cm³/mol. The van der Waals surface area contributed by atoms with E-state index in [1.165, 1.54) is 0 Å². The first-order valence-corrected chi connectivity index (χ1v) is 7.07. The van der Waals surface area contributed by atoms with Crippen LogP contribution in [0.15, 0.2) is 48.5 Å². The Morgan fingerprint density at radius 3 is 2.48 bits per heavy atom. The van der Waals surface area contributed by atoms with Gasteiger partial charge in [0.15, 0.2) is 5.82 Å². The van der Waals surface area contributed by atoms with Crippen molar-refractivity contribution in [3.63, 3.8) is 0 Å². The van der Waals surface area contributed by atoms with Gasteiger partial charge in [0.05, 0.1) is 12.2 Å². The minimum absolute atomic E-state index is 0. The van der Waals surface area contributed by atoms with Gasteiger partial charge in [0.25, 0.3) is 0 Å². The van der Waals surface area contributed by atoms with Crippen LogP contribution in [0.3, 0.4) is 0 Å². The molecule has 0 spiro atoms. The van der Waals surface area contributed by atoms with Crippen LogP contribution in [-0.4, -0.2) is 26.3 Å². The lowest BCUT2D eigenvalue weighted by molar-refractivity contribution is 0.508. The fraction of sp³-hybridized carbons (Fsp3) is 0.188. The van der Waals surface area contributed by atoms with Crippen molar-refractivity contribution in [1.82, 2.24) is 25.1 Å². The largest absolute Gasteiger partial charge is 0.308 e. The highest BCUT2D eigenvalue weighted by molar-refractivity contribution is 5.85. The van der Waals surface area contributed by atoms with E-state index in [2.05, 4.69) is 32.2 Å². The molecule has 1 aliphatic heterocycles. The summed E-state index contributed by atoms with van der Waals surface area (Å²) in [5.74, 6) is 1.83. The van der Waals surface area contributed by atoms with E-state index in [4.69, 9.17) is 4.98 Å². The standard InChI is InChI=1S/C16H15N5.2ClH/c1-2-5-12(6-3-1)13-7-4-8-14(18-13)16-20-19-15-11-17-9-10-21(15)16;;/h1-8,17H,9-11H2;2*1H. The van der Waals surface area contributed by atoms with E-state index in [0.29, 0.717) is 0 Å². The summed E-state index contributed by atoms with van der Waals surface area (Å²) in [6.07, 6.45) is 0. The van der Waals surface area contributed by atoms with Gasteiger partial charge in [0, 0.05) is 18.7 Å². The summed E-state index contributed by atoms with van der Waals surface area (Å²) in [5.41, 5.74) is 2.94. The number of fused-ring (bicyclic) bond motifs is 1. The van der Waals surface area contributed by atoms with Gasteiger partial charge in [-0.15, -0.1) is 35.0 Å². The molecule has 120 valence electrons. The van der Waals surface area contributed by atoms with Crippen LogP contribution in [0.2, 0.25) is 0 Å². The molecule has 3 heterocycles. The van der Waals surface area contributed by atoms with E-state index in [1.807, 2.05) is 36.4 Å². The zero-order valence-corrected chi connectivity index (χ0v) is 14.0. The van der Waals surface area contributed by atoms with E-state index >= 15 is 0 Å². The molecule has 2 aromatic heterocycles. The monoisotopic (exact) mass is 349 g/mol. The second-order valence-electron chi connectivity index (χ2n) is 5.04. The van der Waals surface area contributed by atoms with Gasteiger partial charge in [-0.3, -0.25) is 0 Å². The number of pyridine rings is 1. The summed E-state index contributed by atoms with van der Waals surface area (Å²) in [5, 5.41) is 11.9. The Kier molecular flexibility index (Phi) is 5.71. The second-order valence-corrected chi connectivity index (χ2v) is 5.04. The van der Waals surface area contributed by atoms with E-state index in [-0.39, 0.29) is 24.8 Å². The number of nitrogens with one attached hydrogen (secondary N) is 1. The lowest BCUT2D eigenvalue weighted by Gasteiger charge is -2.15. The molecule has 0 aliphatic carbocycles. The van der Waals surface area contributed by atoms with Gasteiger partial charge in [0.1, 0.15) is 11.5 Å². The van der Waals surface area contributed by atoms with Crippen molar-refractivity contribution in [1.29, 1.82) is 0 Å². The van der Waals surface area contributed by atoms with Gasteiger partial charge in [-0.1, -0.05) is 36.4 Å². The molecule has 0 saturated carbocycles. The number of benzene rings is 1. The van der Waals surface area contributed by atoms with Crippen molar-refractivity contribution < 1.29 is 0 Å². The van der Waals surface area contributed by atoms with Gasteiger partial charge in [-0.05, 0) is 12.1 Å². The van der Waals surface area contributed by atoms with Gasteiger partial charge in [-0.25, -0.2) is 4.98 Å². The molecule has 1 aromatic carbocycles. The average Bonchev–Trinajstić information content (AvgIpc) is 3.00. The number of rotatable bonds is 2. The molecule has 5 nitrogen and oxygen atoms in total. The molecular weight excluding hydrogens is 333 g/mol. The smallest absolute Gasteiger partial charge is 0.182 e. The Morgan fingerprint density at radius 2 is 1.65 bits per heavy atom. The molecule has 0 amide bonds. The van der Waals surface area contributed by atoms with Crippen LogP contribution in [0.25, 0.3) is 22.8 Å². The van der Waals surface area contributed by atoms with Crippen molar-refractivity contribution in [2.45, 2.75) is 13.1 Å². The Bertz CT molecular complexity index is 773. The van der Waals surface area contributed by atoms with Crippen LogP contribution >= 0.6 is 24.8 Å². The molecule has 0 saturated heterocycles. The SMILES string of the molecule is Cl.Cl.c1ccc(-c2cccc(-c3nnc4n3CCNC4)n2)cc1. The number of hydrogen-bond acceptors (Lipinski definition) is 4. The van der Waals surface area contributed by atoms with Gasteiger partial charge >= 0.3 is 0 Å². The van der Waals surface area contributed by atoms with Crippen LogP contribution in [0.4, 0.5) is 0 Å². The summed E-state index contributed by atoms with van der Waals surface area (Å²) < 4.78 is 2.15. The average molecular weight is 350 g/mol. The Hall–Kier alpha value is -1.95. The van der Waals surface area contributed by atoms with E-state index < -0.39 is 0 Å². The minimum atomic E-state index is 0. The normalized spacial score (nSPS) is 12.7. The zero-order valence-electron chi connectivity index (χ0n) is 12.3. The van der Waals surface area contributed by atoms with Crippen molar-refractivity contribution >= 4 is 24.8 Å². The maximum absolute atomic E-state index is 4.75. The Morgan fingerprint density at radius 1 is 0.870 bits per heavy atom. The van der Waals surface area contributed by atoms with Crippen molar-refractivity contribution in [2.75, 3.05) is 6.54 Å². The predicted octanol–water partition coefficient (Wildman–Crippen LogP) is 2.95. The highest BCUT2D eigenvalue weighted by atomic mass is 35.5. The maximum Gasteiger partial charge on any atom is 0.182 e. The molecule has 0 bridgehead atoms. The molecule has 0 fully saturated rings. The third kappa shape index (κ3) is 3.37. The summed E-state index contributed by atoms with van der Waals surface area (Å²) in [6.45, 7) is 2.59. The molecule has 0 atom stereocenters. The third-order valence-electron chi connectivity index (χ3n) is 3.67. The molecule has 1 aliphatic rings. The first-order valence-electron chi connectivity index (χ1n) is 7.07. The minimum Gasteiger partial charge on any atom is -0.308 e. The van der Waals surface area contributed by atoms with Crippen LogP contribution in [-0.2, 0) is 13.1 Å². The topological polar surface area (TPSA) is 55.6 Å². The quantitative estimate of drug-likeness (QED) is 0.772. The zero-order chi connectivity index (χ0) is 14.1. The van der Waals surface area contributed by atoms with Crippen LogP contribution in [0.1, 0.15) is 5.82 Å². The van der Waals surface area contributed by atoms with Crippen LogP contribution in [0.5, 0.6) is 0 Å². The molecule has 23 heavy (non-hydrogen) atoms. The number of aromatic nitrogens is 4.